The molecule has 0 bridgehead atoms. The van der Waals surface area contributed by atoms with Gasteiger partial charge in [-0.05, 0) is 67.6 Å². The highest BCUT2D eigenvalue weighted by Gasteiger charge is 2.24. The molecular formula is C63H43N3O. The van der Waals surface area contributed by atoms with E-state index in [2.05, 4.69) is 245 Å². The molecule has 4 nitrogen and oxygen atoms in total. The highest BCUT2D eigenvalue weighted by atomic mass is 16.3. The fraction of sp³-hybridized carbons (Fsp3) is 0.0159. The van der Waals surface area contributed by atoms with Gasteiger partial charge in [0, 0.05) is 71.0 Å². The Morgan fingerprint density at radius 1 is 0.313 bits per heavy atom. The van der Waals surface area contributed by atoms with Crippen molar-refractivity contribution < 1.29 is 4.42 Å². The molecule has 316 valence electrons. The van der Waals surface area contributed by atoms with Gasteiger partial charge >= 0.3 is 0 Å². The Morgan fingerprint density at radius 3 is 1.06 bits per heavy atom. The molecule has 10 aromatic carbocycles. The Kier molecular flexibility index (Phi) is 8.87. The van der Waals surface area contributed by atoms with E-state index < -0.39 is 0 Å². The van der Waals surface area contributed by atoms with Crippen LogP contribution in [0.4, 0.5) is 0 Å². The molecule has 0 amide bonds. The molecule has 0 unspecified atom stereocenters. The fourth-order valence-corrected chi connectivity index (χ4v) is 10.8. The van der Waals surface area contributed by atoms with Gasteiger partial charge in [0.2, 0.25) is 0 Å². The first kappa shape index (κ1) is 38.6. The summed E-state index contributed by atoms with van der Waals surface area (Å²) < 4.78 is 14.7. The third-order valence-corrected chi connectivity index (χ3v) is 13.5. The number of allylic oxidation sites excluding steroid dienone is 1. The van der Waals surface area contributed by atoms with E-state index in [1.807, 2.05) is 6.92 Å². The van der Waals surface area contributed by atoms with Crippen molar-refractivity contribution in [3.05, 3.63) is 237 Å². The minimum Gasteiger partial charge on any atom is -0.455 e. The number of hydrogen-bond acceptors (Lipinski definition) is 1. The van der Waals surface area contributed by atoms with E-state index in [-0.39, 0.29) is 0 Å². The van der Waals surface area contributed by atoms with Gasteiger partial charge in [0.05, 0.1) is 44.5 Å². The van der Waals surface area contributed by atoms with Crippen molar-refractivity contribution in [1.82, 2.24) is 13.7 Å². The molecule has 0 aliphatic heterocycles. The number of fused-ring (bicyclic) bond motifs is 12. The number of para-hydroxylation sites is 9. The number of nitrogens with zero attached hydrogens (tertiary/aromatic N) is 3. The lowest BCUT2D eigenvalue weighted by atomic mass is 9.97. The van der Waals surface area contributed by atoms with Crippen LogP contribution in [0.2, 0.25) is 0 Å². The number of rotatable bonds is 5. The summed E-state index contributed by atoms with van der Waals surface area (Å²) in [5.41, 5.74) is 16.3. The molecule has 4 heteroatoms. The summed E-state index contributed by atoms with van der Waals surface area (Å²) in [6.45, 7) is 5.25. The number of aromatic nitrogens is 3. The molecule has 0 atom stereocenters. The second-order valence-electron chi connectivity index (χ2n) is 17.2. The number of benzene rings is 10. The van der Waals surface area contributed by atoms with Crippen LogP contribution in [-0.2, 0) is 0 Å². The predicted molar refractivity (Wildman–Crippen MR) is 283 cm³/mol. The summed E-state index contributed by atoms with van der Waals surface area (Å²) >= 11 is 0. The van der Waals surface area contributed by atoms with Gasteiger partial charge < -0.3 is 18.1 Å². The van der Waals surface area contributed by atoms with Crippen LogP contribution in [0, 0.1) is 0 Å². The lowest BCUT2D eigenvalue weighted by molar-refractivity contribution is 0.671. The van der Waals surface area contributed by atoms with Crippen molar-refractivity contribution in [2.24, 2.45) is 0 Å². The first-order valence-electron chi connectivity index (χ1n) is 22.9. The van der Waals surface area contributed by atoms with E-state index in [9.17, 15) is 0 Å². The highest BCUT2D eigenvalue weighted by molar-refractivity contribution is 6.17. The van der Waals surface area contributed by atoms with Gasteiger partial charge in [0.15, 0.2) is 0 Å². The van der Waals surface area contributed by atoms with Crippen molar-refractivity contribution in [3.63, 3.8) is 0 Å². The molecule has 0 saturated heterocycles. The maximum absolute atomic E-state index is 7.44. The monoisotopic (exact) mass is 857 g/mol. The zero-order valence-corrected chi connectivity index (χ0v) is 36.9. The normalized spacial score (nSPS) is 11.7. The topological polar surface area (TPSA) is 27.9 Å². The molecule has 0 spiro atoms. The van der Waals surface area contributed by atoms with Gasteiger partial charge in [-0.2, -0.15) is 0 Å². The summed E-state index contributed by atoms with van der Waals surface area (Å²) in [5, 5.41) is 9.52. The van der Waals surface area contributed by atoms with Crippen LogP contribution in [0.15, 0.2) is 242 Å². The molecule has 0 aliphatic carbocycles. The molecule has 0 radical (unpaired) electrons. The lowest BCUT2D eigenvalue weighted by Crippen LogP contribution is -1.99. The third kappa shape index (κ3) is 5.80. The quantitative estimate of drug-likeness (QED) is 0.159. The Hall–Kier alpha value is -8.86. The largest absolute Gasteiger partial charge is 0.455 e. The number of furan rings is 1. The summed E-state index contributed by atoms with van der Waals surface area (Å²) in [6.07, 6.45) is 1.75. The van der Waals surface area contributed by atoms with Crippen molar-refractivity contribution in [2.45, 2.75) is 6.92 Å². The maximum atomic E-state index is 7.44. The Bertz CT molecular complexity index is 4110. The van der Waals surface area contributed by atoms with E-state index >= 15 is 0 Å². The van der Waals surface area contributed by atoms with Crippen LogP contribution in [-0.4, -0.2) is 13.7 Å². The van der Waals surface area contributed by atoms with Crippen LogP contribution in [0.3, 0.4) is 0 Å². The van der Waals surface area contributed by atoms with Gasteiger partial charge in [-0.1, -0.05) is 170 Å². The van der Waals surface area contributed by atoms with Crippen LogP contribution in [0.1, 0.15) is 6.92 Å². The molecule has 14 rings (SSSR count). The number of hydrogen-bond donors (Lipinski definition) is 0. The standard InChI is InChI=1S/C60H37N3O.C3H6/c1-9-28-51-39(18-1)40-19-2-10-29-52(40)61(51)38-36-49(46-25-8-16-35-58(46)63-55-32-13-5-22-43(55)44-23-6-14-33-56(44)63)60-50(37-38)48-27-17-26-47(59(48)64-60)45-24-7-15-34-57(45)62-53-30-11-3-20-41(53)42-21-4-12-31-54(42)62;1-3-2/h1-37H;3H,1H2,2H3. The van der Waals surface area contributed by atoms with Crippen molar-refractivity contribution >= 4 is 87.4 Å². The van der Waals surface area contributed by atoms with Crippen LogP contribution >= 0.6 is 0 Å². The Balaban J connectivity index is 0.00000145. The molecular weight excluding hydrogens is 815 g/mol. The summed E-state index contributed by atoms with van der Waals surface area (Å²) in [7, 11) is 0. The molecule has 4 aromatic heterocycles. The summed E-state index contributed by atoms with van der Waals surface area (Å²) in [6, 6.07) is 81.3. The van der Waals surface area contributed by atoms with E-state index in [1.54, 1.807) is 6.08 Å². The van der Waals surface area contributed by atoms with Gasteiger partial charge in [0.25, 0.3) is 0 Å². The molecule has 67 heavy (non-hydrogen) atoms. The molecule has 4 heterocycles. The van der Waals surface area contributed by atoms with Crippen molar-refractivity contribution in [3.8, 4) is 39.3 Å². The Labute approximate surface area is 387 Å². The van der Waals surface area contributed by atoms with Crippen LogP contribution in [0.25, 0.3) is 127 Å². The molecule has 0 fully saturated rings. The minimum absolute atomic E-state index is 0.856. The van der Waals surface area contributed by atoms with Crippen molar-refractivity contribution in [2.75, 3.05) is 0 Å². The zero-order chi connectivity index (χ0) is 44.6. The predicted octanol–water partition coefficient (Wildman–Crippen LogP) is 17.4. The third-order valence-electron chi connectivity index (χ3n) is 13.5. The molecule has 0 aliphatic rings. The SMILES string of the molecule is C=CC.c1ccc(-n2c3ccccc3c3ccccc32)c(-c2cccc3c2oc2c(-c4ccccc4-n4c5ccccc5c5ccccc54)cc(-n4c5ccccc5c5ccccc54)cc23)c1. The minimum atomic E-state index is 0.856. The van der Waals surface area contributed by atoms with E-state index in [0.717, 1.165) is 61.3 Å². The molecule has 14 aromatic rings. The average Bonchev–Trinajstić information content (AvgIpc) is 4.13. The maximum Gasteiger partial charge on any atom is 0.143 e. The Morgan fingerprint density at radius 2 is 0.627 bits per heavy atom. The smallest absolute Gasteiger partial charge is 0.143 e. The van der Waals surface area contributed by atoms with Gasteiger partial charge in [-0.15, -0.1) is 6.58 Å². The lowest BCUT2D eigenvalue weighted by Gasteiger charge is -2.16. The van der Waals surface area contributed by atoms with E-state index in [4.69, 9.17) is 4.42 Å². The fourth-order valence-electron chi connectivity index (χ4n) is 10.8. The molecule has 0 N–H and O–H groups in total. The molecule has 0 saturated carbocycles. The van der Waals surface area contributed by atoms with Crippen molar-refractivity contribution in [1.29, 1.82) is 0 Å². The van der Waals surface area contributed by atoms with E-state index in [0.29, 0.717) is 0 Å². The van der Waals surface area contributed by atoms with E-state index in [1.165, 1.54) is 65.4 Å². The van der Waals surface area contributed by atoms with Gasteiger partial charge in [-0.25, -0.2) is 0 Å². The average molecular weight is 858 g/mol. The summed E-state index contributed by atoms with van der Waals surface area (Å²) in [4.78, 5) is 0. The summed E-state index contributed by atoms with van der Waals surface area (Å²) in [5.74, 6) is 0. The highest BCUT2D eigenvalue weighted by Crippen LogP contribution is 2.46. The zero-order valence-electron chi connectivity index (χ0n) is 36.9. The first-order valence-corrected chi connectivity index (χ1v) is 22.9. The van der Waals surface area contributed by atoms with Gasteiger partial charge in [0.1, 0.15) is 11.2 Å². The van der Waals surface area contributed by atoms with Gasteiger partial charge in [-0.3, -0.25) is 0 Å². The first-order chi connectivity index (χ1) is 33.2. The van der Waals surface area contributed by atoms with Crippen LogP contribution < -0.4 is 0 Å². The van der Waals surface area contributed by atoms with Crippen LogP contribution in [0.5, 0.6) is 0 Å². The second kappa shape index (κ2) is 15.4. The second-order valence-corrected chi connectivity index (χ2v) is 17.2.